The smallest absolute Gasteiger partial charge is 0.0169 e. The lowest BCUT2D eigenvalue weighted by Gasteiger charge is -1.87. The van der Waals surface area contributed by atoms with Crippen LogP contribution in [-0.2, 0) is 0 Å². The first-order valence-corrected chi connectivity index (χ1v) is 5.97. The van der Waals surface area contributed by atoms with Crippen LogP contribution in [0, 0.1) is 0 Å². The molecule has 0 saturated heterocycles. The largest absolute Gasteiger partial charge is 0.103 e. The first-order chi connectivity index (χ1) is 7.41. The Morgan fingerprint density at radius 2 is 1.27 bits per heavy atom. The molecule has 0 aromatic rings. The number of hydrogen-bond donors (Lipinski definition) is 0. The van der Waals surface area contributed by atoms with E-state index in [0.717, 1.165) is 25.7 Å². The van der Waals surface area contributed by atoms with Crippen LogP contribution >= 0.6 is 0 Å². The van der Waals surface area contributed by atoms with Crippen LogP contribution in [0.3, 0.4) is 0 Å². The quantitative estimate of drug-likeness (QED) is 0.357. The molecule has 0 aliphatic carbocycles. The predicted octanol–water partition coefficient (Wildman–Crippen LogP) is 5.20. The minimum Gasteiger partial charge on any atom is -0.103 e. The molecule has 0 heterocycles. The van der Waals surface area contributed by atoms with Crippen LogP contribution < -0.4 is 0 Å². The van der Waals surface area contributed by atoms with Crippen LogP contribution in [0.5, 0.6) is 0 Å². The van der Waals surface area contributed by atoms with Crippen molar-refractivity contribution in [3.05, 3.63) is 49.1 Å². The summed E-state index contributed by atoms with van der Waals surface area (Å²) in [5, 5.41) is 0. The van der Waals surface area contributed by atoms with E-state index >= 15 is 0 Å². The molecule has 0 aromatic carbocycles. The first-order valence-electron chi connectivity index (χ1n) is 5.97. The van der Waals surface area contributed by atoms with Gasteiger partial charge in [0.2, 0.25) is 0 Å². The Hall–Kier alpha value is -1.04. The summed E-state index contributed by atoms with van der Waals surface area (Å²) in [6, 6.07) is 0. The zero-order chi connectivity index (χ0) is 11.2. The molecule has 0 heteroatoms. The summed E-state index contributed by atoms with van der Waals surface area (Å²) in [5.41, 5.74) is 0. The molecule has 0 spiro atoms. The normalized spacial score (nSPS) is 12.1. The van der Waals surface area contributed by atoms with E-state index in [1.54, 1.807) is 0 Å². The summed E-state index contributed by atoms with van der Waals surface area (Å²) < 4.78 is 0. The molecule has 0 N–H and O–H groups in total. The second-order valence-electron chi connectivity index (χ2n) is 3.54. The lowest BCUT2D eigenvalue weighted by Crippen LogP contribution is -1.66. The molecule has 0 aromatic heterocycles. The van der Waals surface area contributed by atoms with Gasteiger partial charge in [-0.05, 0) is 32.1 Å². The Morgan fingerprint density at radius 3 is 1.80 bits per heavy atom. The maximum atomic E-state index is 3.67. The zero-order valence-electron chi connectivity index (χ0n) is 9.99. The van der Waals surface area contributed by atoms with E-state index in [2.05, 4.69) is 50.0 Å². The van der Waals surface area contributed by atoms with E-state index in [4.69, 9.17) is 0 Å². The van der Waals surface area contributed by atoms with Crippen molar-refractivity contribution in [2.45, 2.75) is 45.4 Å². The Bertz CT molecular complexity index is 206. The third-order valence-corrected chi connectivity index (χ3v) is 2.03. The summed E-state index contributed by atoms with van der Waals surface area (Å²) in [6.07, 6.45) is 22.1. The van der Waals surface area contributed by atoms with Crippen molar-refractivity contribution in [3.8, 4) is 0 Å². The van der Waals surface area contributed by atoms with Gasteiger partial charge in [-0.1, -0.05) is 55.9 Å². The van der Waals surface area contributed by atoms with E-state index < -0.39 is 0 Å². The van der Waals surface area contributed by atoms with Crippen molar-refractivity contribution < 1.29 is 0 Å². The van der Waals surface area contributed by atoms with Crippen molar-refractivity contribution in [2.24, 2.45) is 0 Å². The van der Waals surface area contributed by atoms with Crippen LogP contribution in [0.1, 0.15) is 45.4 Å². The summed E-state index contributed by atoms with van der Waals surface area (Å²) in [5.74, 6) is 0. The van der Waals surface area contributed by atoms with Gasteiger partial charge >= 0.3 is 0 Å². The average Bonchev–Trinajstić information content (AvgIpc) is 2.26. The molecule has 0 bridgehead atoms. The maximum absolute atomic E-state index is 3.67. The maximum Gasteiger partial charge on any atom is -0.0169 e. The highest BCUT2D eigenvalue weighted by atomic mass is 13.8. The van der Waals surface area contributed by atoms with E-state index in [1.165, 1.54) is 12.8 Å². The summed E-state index contributed by atoms with van der Waals surface area (Å²) in [6.45, 7) is 5.87. The van der Waals surface area contributed by atoms with Crippen molar-refractivity contribution in [2.75, 3.05) is 0 Å². The van der Waals surface area contributed by atoms with Gasteiger partial charge in [0.25, 0.3) is 0 Å². The second-order valence-corrected chi connectivity index (χ2v) is 3.54. The van der Waals surface area contributed by atoms with Crippen LogP contribution in [0.2, 0.25) is 0 Å². The van der Waals surface area contributed by atoms with Gasteiger partial charge in [-0.25, -0.2) is 0 Å². The minimum atomic E-state index is 0.990. The molecule has 0 nitrogen and oxygen atoms in total. The number of unbranched alkanes of at least 4 members (excludes halogenated alkanes) is 2. The third-order valence-electron chi connectivity index (χ3n) is 2.03. The Morgan fingerprint density at radius 1 is 0.733 bits per heavy atom. The molecule has 0 rings (SSSR count). The monoisotopic (exact) mass is 204 g/mol. The van der Waals surface area contributed by atoms with Gasteiger partial charge in [0.05, 0.1) is 0 Å². The molecular weight excluding hydrogens is 180 g/mol. The van der Waals surface area contributed by atoms with E-state index in [1.807, 2.05) is 6.08 Å². The molecule has 0 fully saturated rings. The summed E-state index contributed by atoms with van der Waals surface area (Å²) >= 11 is 0. The van der Waals surface area contributed by atoms with E-state index in [0.29, 0.717) is 0 Å². The summed E-state index contributed by atoms with van der Waals surface area (Å²) in [4.78, 5) is 0. The van der Waals surface area contributed by atoms with Gasteiger partial charge in [0.1, 0.15) is 0 Å². The topological polar surface area (TPSA) is 0 Å². The van der Waals surface area contributed by atoms with Crippen LogP contribution in [0.15, 0.2) is 49.1 Å². The molecule has 0 atom stereocenters. The van der Waals surface area contributed by atoms with Gasteiger partial charge in [-0.15, -0.1) is 6.58 Å². The molecule has 0 unspecified atom stereocenters. The minimum absolute atomic E-state index is 0.990. The van der Waals surface area contributed by atoms with Gasteiger partial charge in [-0.3, -0.25) is 0 Å². The highest BCUT2D eigenvalue weighted by molar-refractivity contribution is 4.95. The molecule has 0 radical (unpaired) electrons. The van der Waals surface area contributed by atoms with Gasteiger partial charge in [0, 0.05) is 0 Å². The molecule has 0 aliphatic heterocycles. The fourth-order valence-electron chi connectivity index (χ4n) is 1.18. The molecule has 0 saturated carbocycles. The Balaban J connectivity index is 3.27. The fraction of sp³-hybridized carbons (Fsp3) is 0.467. The highest BCUT2D eigenvalue weighted by Crippen LogP contribution is 1.97. The third kappa shape index (κ3) is 13.0. The summed E-state index contributed by atoms with van der Waals surface area (Å²) in [7, 11) is 0. The second kappa shape index (κ2) is 13.0. The fourth-order valence-corrected chi connectivity index (χ4v) is 1.18. The van der Waals surface area contributed by atoms with Gasteiger partial charge < -0.3 is 0 Å². The molecule has 0 aliphatic rings. The molecule has 15 heavy (non-hydrogen) atoms. The number of rotatable bonds is 9. The molecule has 84 valence electrons. The van der Waals surface area contributed by atoms with Crippen molar-refractivity contribution in [1.29, 1.82) is 0 Å². The van der Waals surface area contributed by atoms with Crippen molar-refractivity contribution in [1.82, 2.24) is 0 Å². The van der Waals surface area contributed by atoms with Crippen molar-refractivity contribution in [3.63, 3.8) is 0 Å². The molecular formula is C15H24. The van der Waals surface area contributed by atoms with Gasteiger partial charge in [-0.2, -0.15) is 0 Å². The Kier molecular flexibility index (Phi) is 12.1. The zero-order valence-corrected chi connectivity index (χ0v) is 9.99. The van der Waals surface area contributed by atoms with Gasteiger partial charge in [0.15, 0.2) is 0 Å². The standard InChI is InChI=1S/C15H24/c1-3-5-7-9-11-13-15-14-12-10-8-6-4-2/h3,7-10,14-15H,1,4-6,11-13H2,2H3. The Labute approximate surface area is 95.1 Å². The van der Waals surface area contributed by atoms with Crippen LogP contribution in [0.4, 0.5) is 0 Å². The average molecular weight is 204 g/mol. The SMILES string of the molecule is C=CCC=CCCC=CCC=CCCC. The first kappa shape index (κ1) is 14.0. The lowest BCUT2D eigenvalue weighted by atomic mass is 10.2. The predicted molar refractivity (Wildman–Crippen MR) is 71.0 cm³/mol. The van der Waals surface area contributed by atoms with Crippen LogP contribution in [0.25, 0.3) is 0 Å². The molecule has 0 amide bonds. The number of allylic oxidation sites excluding steroid dienone is 7. The van der Waals surface area contributed by atoms with E-state index in [-0.39, 0.29) is 0 Å². The van der Waals surface area contributed by atoms with E-state index in [9.17, 15) is 0 Å². The lowest BCUT2D eigenvalue weighted by molar-refractivity contribution is 0.954. The van der Waals surface area contributed by atoms with Crippen molar-refractivity contribution >= 4 is 0 Å². The number of hydrogen-bond acceptors (Lipinski definition) is 0. The van der Waals surface area contributed by atoms with Crippen LogP contribution in [-0.4, -0.2) is 0 Å². The highest BCUT2D eigenvalue weighted by Gasteiger charge is 1.77.